The van der Waals surface area contributed by atoms with Crippen molar-refractivity contribution in [3.05, 3.63) is 146 Å². The Hall–Kier alpha value is -6.24. The number of benzene rings is 6. The van der Waals surface area contributed by atoms with E-state index in [0.29, 0.717) is 17.5 Å². The SMILES string of the molecule is c1ccc(-c2nc(-c3ccc4sc5c6ccccc6nc(-c6ccccc6)c5c4c3)nc(-c3cccc4c3oc3ccccc34)n2)cc1. The minimum absolute atomic E-state index is 0.566. The lowest BCUT2D eigenvalue weighted by Crippen LogP contribution is -2.00. The van der Waals surface area contributed by atoms with Crippen molar-refractivity contribution in [2.24, 2.45) is 0 Å². The Morgan fingerprint density at radius 2 is 1.12 bits per heavy atom. The second kappa shape index (κ2) is 10.7. The molecule has 4 heterocycles. The van der Waals surface area contributed by atoms with E-state index >= 15 is 0 Å². The molecule has 0 fully saturated rings. The molecule has 10 rings (SSSR count). The molecular weight excluding hydrogens is 609 g/mol. The van der Waals surface area contributed by atoms with Gasteiger partial charge in [-0.15, -0.1) is 11.3 Å². The van der Waals surface area contributed by atoms with Gasteiger partial charge in [0, 0.05) is 53.0 Å². The van der Waals surface area contributed by atoms with Crippen LogP contribution in [0.5, 0.6) is 0 Å². The predicted molar refractivity (Wildman–Crippen MR) is 197 cm³/mol. The molecule has 10 aromatic rings. The third-order valence-electron chi connectivity index (χ3n) is 8.92. The second-order valence-corrected chi connectivity index (χ2v) is 12.9. The Kier molecular flexibility index (Phi) is 5.98. The van der Waals surface area contributed by atoms with Crippen LogP contribution in [0.15, 0.2) is 150 Å². The summed E-state index contributed by atoms with van der Waals surface area (Å²) in [5, 5.41) is 5.53. The maximum absolute atomic E-state index is 6.41. The minimum Gasteiger partial charge on any atom is -0.455 e. The maximum Gasteiger partial charge on any atom is 0.167 e. The van der Waals surface area contributed by atoms with Crippen LogP contribution < -0.4 is 0 Å². The summed E-state index contributed by atoms with van der Waals surface area (Å²) in [6.07, 6.45) is 0. The summed E-state index contributed by atoms with van der Waals surface area (Å²) >= 11 is 1.80. The molecule has 4 aromatic heterocycles. The molecule has 0 aliphatic carbocycles. The number of hydrogen-bond donors (Lipinski definition) is 0. The zero-order valence-electron chi connectivity index (χ0n) is 25.5. The second-order valence-electron chi connectivity index (χ2n) is 11.8. The molecule has 0 radical (unpaired) electrons. The minimum atomic E-state index is 0.566. The van der Waals surface area contributed by atoms with E-state index in [0.717, 1.165) is 71.6 Å². The smallest absolute Gasteiger partial charge is 0.167 e. The van der Waals surface area contributed by atoms with Crippen LogP contribution >= 0.6 is 11.3 Å². The number of pyridine rings is 1. The van der Waals surface area contributed by atoms with Gasteiger partial charge in [0.25, 0.3) is 0 Å². The summed E-state index contributed by atoms with van der Waals surface area (Å²) in [6.45, 7) is 0. The Labute approximate surface area is 278 Å². The van der Waals surface area contributed by atoms with Gasteiger partial charge in [-0.3, -0.25) is 0 Å². The van der Waals surface area contributed by atoms with Crippen LogP contribution in [0.2, 0.25) is 0 Å². The average Bonchev–Trinajstić information content (AvgIpc) is 3.74. The number of furan rings is 1. The highest BCUT2D eigenvalue weighted by atomic mass is 32.1. The molecule has 6 heteroatoms. The molecule has 0 aliphatic rings. The number of aromatic nitrogens is 4. The predicted octanol–water partition coefficient (Wildman–Crippen LogP) is 11.4. The van der Waals surface area contributed by atoms with E-state index in [9.17, 15) is 0 Å². The standard InChI is InChI=1S/C42H24N4OS/c1-3-12-25(13-4-1)37-36-32-24-27(22-23-35(32)48-39(36)30-17-7-9-20-33(30)43-37)41-44-40(26-14-5-2-6-15-26)45-42(46-41)31-19-11-18-29-28-16-8-10-21-34(28)47-38(29)31/h1-24H. The number of para-hydroxylation sites is 3. The summed E-state index contributed by atoms with van der Waals surface area (Å²) in [4.78, 5) is 20.4. The highest BCUT2D eigenvalue weighted by Gasteiger charge is 2.20. The van der Waals surface area contributed by atoms with Crippen LogP contribution in [-0.4, -0.2) is 19.9 Å². The Morgan fingerprint density at radius 1 is 0.458 bits per heavy atom. The highest BCUT2D eigenvalue weighted by Crippen LogP contribution is 2.44. The third-order valence-corrected chi connectivity index (χ3v) is 10.1. The molecule has 0 spiro atoms. The van der Waals surface area contributed by atoms with Crippen molar-refractivity contribution in [1.82, 2.24) is 19.9 Å². The van der Waals surface area contributed by atoms with Crippen LogP contribution in [0.3, 0.4) is 0 Å². The number of nitrogens with zero attached hydrogens (tertiary/aromatic N) is 4. The van der Waals surface area contributed by atoms with Gasteiger partial charge in [-0.1, -0.05) is 109 Å². The van der Waals surface area contributed by atoms with Gasteiger partial charge in [0.2, 0.25) is 0 Å². The van der Waals surface area contributed by atoms with Crippen molar-refractivity contribution >= 4 is 64.4 Å². The first-order valence-corrected chi connectivity index (χ1v) is 16.6. The van der Waals surface area contributed by atoms with Crippen LogP contribution in [0.25, 0.3) is 98.4 Å². The van der Waals surface area contributed by atoms with Gasteiger partial charge in [-0.25, -0.2) is 19.9 Å². The average molecular weight is 633 g/mol. The molecule has 5 nitrogen and oxygen atoms in total. The molecule has 0 atom stereocenters. The summed E-state index contributed by atoms with van der Waals surface area (Å²) in [5.74, 6) is 1.77. The van der Waals surface area contributed by atoms with Crippen molar-refractivity contribution < 1.29 is 4.42 Å². The topological polar surface area (TPSA) is 64.7 Å². The first kappa shape index (κ1) is 26.9. The largest absolute Gasteiger partial charge is 0.455 e. The van der Waals surface area contributed by atoms with Crippen molar-refractivity contribution in [3.63, 3.8) is 0 Å². The summed E-state index contributed by atoms with van der Waals surface area (Å²) < 4.78 is 8.82. The van der Waals surface area contributed by atoms with Gasteiger partial charge in [0.05, 0.1) is 16.8 Å². The van der Waals surface area contributed by atoms with E-state index in [2.05, 4.69) is 78.9 Å². The Morgan fingerprint density at radius 3 is 1.96 bits per heavy atom. The molecular formula is C42H24N4OS. The number of rotatable bonds is 4. The van der Waals surface area contributed by atoms with Gasteiger partial charge in [-0.05, 0) is 36.4 Å². The van der Waals surface area contributed by atoms with E-state index in [1.54, 1.807) is 11.3 Å². The summed E-state index contributed by atoms with van der Waals surface area (Å²) in [7, 11) is 0. The fourth-order valence-corrected chi connectivity index (χ4v) is 7.89. The maximum atomic E-state index is 6.41. The fraction of sp³-hybridized carbons (Fsp3) is 0. The van der Waals surface area contributed by atoms with Gasteiger partial charge in [0.15, 0.2) is 17.5 Å². The number of hydrogen-bond acceptors (Lipinski definition) is 6. The van der Waals surface area contributed by atoms with Gasteiger partial charge in [0.1, 0.15) is 11.2 Å². The zero-order valence-corrected chi connectivity index (χ0v) is 26.3. The monoisotopic (exact) mass is 632 g/mol. The molecule has 224 valence electrons. The lowest BCUT2D eigenvalue weighted by molar-refractivity contribution is 0.669. The normalized spacial score (nSPS) is 11.8. The van der Waals surface area contributed by atoms with Crippen LogP contribution in [0.1, 0.15) is 0 Å². The van der Waals surface area contributed by atoms with Gasteiger partial charge < -0.3 is 4.42 Å². The molecule has 0 aliphatic heterocycles. The quantitative estimate of drug-likeness (QED) is 0.193. The zero-order chi connectivity index (χ0) is 31.6. The van der Waals surface area contributed by atoms with Gasteiger partial charge in [-0.2, -0.15) is 0 Å². The van der Waals surface area contributed by atoms with E-state index in [1.807, 2.05) is 66.7 Å². The fourth-order valence-electron chi connectivity index (χ4n) is 6.67. The summed E-state index contributed by atoms with van der Waals surface area (Å²) in [5.41, 5.74) is 7.31. The number of thiophene rings is 1. The molecule has 6 aromatic carbocycles. The van der Waals surface area contributed by atoms with E-state index in [4.69, 9.17) is 24.4 Å². The Bertz CT molecular complexity index is 2840. The molecule has 0 unspecified atom stereocenters. The van der Waals surface area contributed by atoms with E-state index < -0.39 is 0 Å². The lowest BCUT2D eigenvalue weighted by atomic mass is 10.0. The molecule has 0 bridgehead atoms. The van der Waals surface area contributed by atoms with Crippen molar-refractivity contribution in [1.29, 1.82) is 0 Å². The molecule has 0 saturated heterocycles. The molecule has 0 saturated carbocycles. The first-order valence-electron chi connectivity index (χ1n) is 15.8. The van der Waals surface area contributed by atoms with Crippen LogP contribution in [-0.2, 0) is 0 Å². The summed E-state index contributed by atoms with van der Waals surface area (Å²) in [6, 6.07) is 49.7. The Balaban J connectivity index is 1.24. The van der Waals surface area contributed by atoms with Crippen LogP contribution in [0, 0.1) is 0 Å². The van der Waals surface area contributed by atoms with Gasteiger partial charge >= 0.3 is 0 Å². The van der Waals surface area contributed by atoms with Crippen molar-refractivity contribution in [2.45, 2.75) is 0 Å². The van der Waals surface area contributed by atoms with E-state index in [1.165, 1.54) is 9.40 Å². The molecule has 48 heavy (non-hydrogen) atoms. The first-order chi connectivity index (χ1) is 23.8. The molecule has 0 N–H and O–H groups in total. The molecule has 0 amide bonds. The van der Waals surface area contributed by atoms with Crippen molar-refractivity contribution in [3.8, 4) is 45.4 Å². The highest BCUT2D eigenvalue weighted by molar-refractivity contribution is 7.26. The lowest BCUT2D eigenvalue weighted by Gasteiger charge is -2.10. The van der Waals surface area contributed by atoms with Crippen molar-refractivity contribution in [2.75, 3.05) is 0 Å². The number of fused-ring (bicyclic) bond motifs is 8. The third kappa shape index (κ3) is 4.24. The van der Waals surface area contributed by atoms with Crippen LogP contribution in [0.4, 0.5) is 0 Å². The van der Waals surface area contributed by atoms with E-state index in [-0.39, 0.29) is 0 Å².